The summed E-state index contributed by atoms with van der Waals surface area (Å²) in [5.41, 5.74) is 2.99. The molecule has 2 amide bonds. The number of nitrogens with one attached hydrogen (secondary N) is 2. The molecule has 1 heterocycles. The van der Waals surface area contributed by atoms with Crippen LogP contribution in [0.15, 0.2) is 18.2 Å². The van der Waals surface area contributed by atoms with Crippen molar-refractivity contribution in [3.63, 3.8) is 0 Å². The molecular weight excluding hydrogens is 310 g/mol. The van der Waals surface area contributed by atoms with Gasteiger partial charge < -0.3 is 10.2 Å². The van der Waals surface area contributed by atoms with E-state index in [1.54, 1.807) is 0 Å². The molecule has 0 saturated heterocycles. The van der Waals surface area contributed by atoms with Crippen LogP contribution in [0.2, 0.25) is 0 Å². The zero-order valence-electron chi connectivity index (χ0n) is 14.0. The number of hydrogen-bond acceptors (Lipinski definition) is 5. The number of aryl methyl sites for hydroxylation is 1. The van der Waals surface area contributed by atoms with E-state index in [0.29, 0.717) is 5.13 Å². The van der Waals surface area contributed by atoms with Crippen LogP contribution < -0.4 is 15.5 Å². The highest BCUT2D eigenvalue weighted by molar-refractivity contribution is 7.19. The highest BCUT2D eigenvalue weighted by Gasteiger charge is 2.12. The SMILES string of the molecule is CCCCN(C)c1nnc(NC(=O)Nc2cccc(C)c2C)s1. The van der Waals surface area contributed by atoms with E-state index in [9.17, 15) is 4.79 Å². The molecule has 7 heteroatoms. The second kappa shape index (κ2) is 7.92. The molecule has 2 N–H and O–H groups in total. The Morgan fingerprint density at radius 1 is 1.26 bits per heavy atom. The summed E-state index contributed by atoms with van der Waals surface area (Å²) < 4.78 is 0. The lowest BCUT2D eigenvalue weighted by atomic mass is 10.1. The molecule has 23 heavy (non-hydrogen) atoms. The number of rotatable bonds is 6. The predicted octanol–water partition coefficient (Wildman–Crippen LogP) is 4.04. The first-order valence-electron chi connectivity index (χ1n) is 7.70. The van der Waals surface area contributed by atoms with Gasteiger partial charge in [-0.25, -0.2) is 4.79 Å². The molecule has 0 bridgehead atoms. The summed E-state index contributed by atoms with van der Waals surface area (Å²) in [6.45, 7) is 7.08. The van der Waals surface area contributed by atoms with Crippen LogP contribution >= 0.6 is 11.3 Å². The van der Waals surface area contributed by atoms with Crippen molar-refractivity contribution in [1.82, 2.24) is 10.2 Å². The van der Waals surface area contributed by atoms with Gasteiger partial charge in [-0.3, -0.25) is 5.32 Å². The van der Waals surface area contributed by atoms with Crippen molar-refractivity contribution in [3.05, 3.63) is 29.3 Å². The van der Waals surface area contributed by atoms with Crippen molar-refractivity contribution in [2.75, 3.05) is 29.1 Å². The zero-order valence-corrected chi connectivity index (χ0v) is 14.8. The van der Waals surface area contributed by atoms with E-state index < -0.39 is 0 Å². The number of amides is 2. The fraction of sp³-hybridized carbons (Fsp3) is 0.438. The van der Waals surface area contributed by atoms with Crippen LogP contribution in [0, 0.1) is 13.8 Å². The van der Waals surface area contributed by atoms with Crippen LogP contribution in [0.5, 0.6) is 0 Å². The van der Waals surface area contributed by atoms with Crippen LogP contribution in [0.4, 0.5) is 20.7 Å². The third-order valence-corrected chi connectivity index (χ3v) is 4.61. The molecule has 0 spiro atoms. The van der Waals surface area contributed by atoms with Gasteiger partial charge in [0.1, 0.15) is 0 Å². The molecular formula is C16H23N5OS. The first kappa shape index (κ1) is 17.2. The van der Waals surface area contributed by atoms with Crippen LogP contribution in [-0.2, 0) is 0 Å². The molecule has 6 nitrogen and oxygen atoms in total. The Hall–Kier alpha value is -2.15. The predicted molar refractivity (Wildman–Crippen MR) is 96.6 cm³/mol. The minimum absolute atomic E-state index is 0.308. The summed E-state index contributed by atoms with van der Waals surface area (Å²) in [5.74, 6) is 0. The van der Waals surface area contributed by atoms with Gasteiger partial charge in [0.2, 0.25) is 10.3 Å². The molecule has 1 aromatic heterocycles. The van der Waals surface area contributed by atoms with Gasteiger partial charge in [0.25, 0.3) is 0 Å². The zero-order chi connectivity index (χ0) is 16.8. The summed E-state index contributed by atoms with van der Waals surface area (Å²) in [6.07, 6.45) is 2.23. The Labute approximate surface area is 140 Å². The summed E-state index contributed by atoms with van der Waals surface area (Å²) in [4.78, 5) is 14.2. The lowest BCUT2D eigenvalue weighted by Gasteiger charge is -2.13. The molecule has 0 fully saturated rings. The molecule has 0 saturated carbocycles. The molecule has 0 aliphatic carbocycles. The molecule has 0 aliphatic heterocycles. The number of unbranched alkanes of at least 4 members (excludes halogenated alkanes) is 1. The minimum Gasteiger partial charge on any atom is -0.350 e. The Kier molecular flexibility index (Phi) is 5.92. The van der Waals surface area contributed by atoms with Gasteiger partial charge in [-0.15, -0.1) is 10.2 Å². The Morgan fingerprint density at radius 2 is 2.04 bits per heavy atom. The molecule has 0 radical (unpaired) electrons. The van der Waals surface area contributed by atoms with Crippen molar-refractivity contribution in [3.8, 4) is 0 Å². The van der Waals surface area contributed by atoms with Crippen LogP contribution in [0.1, 0.15) is 30.9 Å². The van der Waals surface area contributed by atoms with Crippen molar-refractivity contribution in [1.29, 1.82) is 0 Å². The van der Waals surface area contributed by atoms with E-state index in [1.807, 2.05) is 39.1 Å². The third kappa shape index (κ3) is 4.66. The van der Waals surface area contributed by atoms with Gasteiger partial charge in [0.15, 0.2) is 0 Å². The number of carbonyl (C=O) groups excluding carboxylic acids is 1. The number of anilines is 3. The minimum atomic E-state index is -0.308. The second-order valence-electron chi connectivity index (χ2n) is 5.49. The lowest BCUT2D eigenvalue weighted by Crippen LogP contribution is -2.20. The first-order chi connectivity index (χ1) is 11.0. The maximum atomic E-state index is 12.1. The molecule has 0 aliphatic rings. The smallest absolute Gasteiger partial charge is 0.325 e. The average Bonchev–Trinajstić information content (AvgIpc) is 2.98. The number of nitrogens with zero attached hydrogens (tertiary/aromatic N) is 3. The largest absolute Gasteiger partial charge is 0.350 e. The second-order valence-corrected chi connectivity index (χ2v) is 6.45. The molecule has 2 rings (SSSR count). The monoisotopic (exact) mass is 333 g/mol. The van der Waals surface area contributed by atoms with Crippen LogP contribution in [0.3, 0.4) is 0 Å². The lowest BCUT2D eigenvalue weighted by molar-refractivity contribution is 0.262. The number of hydrogen-bond donors (Lipinski definition) is 2. The summed E-state index contributed by atoms with van der Waals surface area (Å²) in [7, 11) is 1.98. The van der Waals surface area contributed by atoms with Gasteiger partial charge in [-0.2, -0.15) is 0 Å². The van der Waals surface area contributed by atoms with Gasteiger partial charge in [0.05, 0.1) is 0 Å². The number of aromatic nitrogens is 2. The summed E-state index contributed by atoms with van der Waals surface area (Å²) in [6, 6.07) is 5.51. The van der Waals surface area contributed by atoms with Gasteiger partial charge in [-0.05, 0) is 37.5 Å². The fourth-order valence-electron chi connectivity index (χ4n) is 2.05. The van der Waals surface area contributed by atoms with Crippen LogP contribution in [-0.4, -0.2) is 29.8 Å². The van der Waals surface area contributed by atoms with Crippen molar-refractivity contribution < 1.29 is 4.79 Å². The van der Waals surface area contributed by atoms with Crippen molar-refractivity contribution in [2.45, 2.75) is 33.6 Å². The Balaban J connectivity index is 1.95. The van der Waals surface area contributed by atoms with E-state index in [1.165, 1.54) is 11.3 Å². The topological polar surface area (TPSA) is 70.2 Å². The average molecular weight is 333 g/mol. The normalized spacial score (nSPS) is 10.4. The quantitative estimate of drug-likeness (QED) is 0.837. The Bertz CT molecular complexity index is 670. The van der Waals surface area contributed by atoms with E-state index in [0.717, 1.165) is 41.3 Å². The highest BCUT2D eigenvalue weighted by atomic mass is 32.1. The molecule has 0 unspecified atom stereocenters. The van der Waals surface area contributed by atoms with Crippen molar-refractivity contribution >= 4 is 33.3 Å². The molecule has 1 aromatic carbocycles. The molecule has 0 atom stereocenters. The van der Waals surface area contributed by atoms with Gasteiger partial charge in [-0.1, -0.05) is 36.8 Å². The molecule has 2 aromatic rings. The highest BCUT2D eigenvalue weighted by Crippen LogP contribution is 2.24. The number of urea groups is 1. The van der Waals surface area contributed by atoms with Gasteiger partial charge in [0, 0.05) is 19.3 Å². The van der Waals surface area contributed by atoms with E-state index in [-0.39, 0.29) is 6.03 Å². The number of carbonyl (C=O) groups is 1. The van der Waals surface area contributed by atoms with Gasteiger partial charge >= 0.3 is 6.03 Å². The van der Waals surface area contributed by atoms with Crippen LogP contribution in [0.25, 0.3) is 0 Å². The first-order valence-corrected chi connectivity index (χ1v) is 8.51. The Morgan fingerprint density at radius 3 is 2.78 bits per heavy atom. The van der Waals surface area contributed by atoms with E-state index >= 15 is 0 Å². The van der Waals surface area contributed by atoms with E-state index in [4.69, 9.17) is 0 Å². The maximum Gasteiger partial charge on any atom is 0.325 e. The van der Waals surface area contributed by atoms with E-state index in [2.05, 4.69) is 32.7 Å². The standard InChI is InChI=1S/C16H23N5OS/c1-5-6-10-21(4)16-20-19-15(23-16)18-14(22)17-13-9-7-8-11(2)12(13)3/h7-9H,5-6,10H2,1-4H3,(H2,17,18,19,22). The fourth-order valence-corrected chi connectivity index (χ4v) is 2.78. The summed E-state index contributed by atoms with van der Waals surface area (Å²) >= 11 is 1.37. The maximum absolute atomic E-state index is 12.1. The summed E-state index contributed by atoms with van der Waals surface area (Å²) in [5, 5.41) is 15.0. The number of benzene rings is 1. The third-order valence-electron chi connectivity index (χ3n) is 3.66. The molecule has 124 valence electrons. The van der Waals surface area contributed by atoms with Crippen molar-refractivity contribution in [2.24, 2.45) is 0 Å².